The van der Waals surface area contributed by atoms with Gasteiger partial charge in [-0.1, -0.05) is 23.9 Å². The molecule has 2 aromatic heterocycles. The summed E-state index contributed by atoms with van der Waals surface area (Å²) in [4.78, 5) is 31.2. The summed E-state index contributed by atoms with van der Waals surface area (Å²) in [6, 6.07) is 6.10. The van der Waals surface area contributed by atoms with Crippen molar-refractivity contribution < 1.29 is 13.9 Å². The van der Waals surface area contributed by atoms with E-state index in [1.807, 2.05) is 13.8 Å². The smallest absolute Gasteiger partial charge is 0.318 e. The maximum Gasteiger partial charge on any atom is 0.318 e. The molecule has 0 aliphatic rings. The molecule has 0 saturated carbocycles. The highest BCUT2D eigenvalue weighted by atomic mass is 32.2. The van der Waals surface area contributed by atoms with Gasteiger partial charge in [-0.2, -0.15) is 0 Å². The highest BCUT2D eigenvalue weighted by Crippen LogP contribution is 2.37. The lowest BCUT2D eigenvalue weighted by molar-refractivity contribution is -0.139. The van der Waals surface area contributed by atoms with Crippen molar-refractivity contribution in [3.05, 3.63) is 45.3 Å². The number of nitrogens with zero attached hydrogens (tertiary/aromatic N) is 2. The van der Waals surface area contributed by atoms with Gasteiger partial charge in [0.05, 0.1) is 12.5 Å². The largest absolute Gasteiger partial charge is 0.468 e. The van der Waals surface area contributed by atoms with E-state index < -0.39 is 5.25 Å². The Hall–Kier alpha value is -2.19. The van der Waals surface area contributed by atoms with Gasteiger partial charge in [0.15, 0.2) is 5.16 Å². The van der Waals surface area contributed by atoms with Crippen LogP contribution in [0.15, 0.2) is 34.2 Å². The van der Waals surface area contributed by atoms with Crippen molar-refractivity contribution >= 4 is 39.3 Å². The molecule has 0 aliphatic carbocycles. The lowest BCUT2D eigenvalue weighted by Crippen LogP contribution is -2.24. The number of carbonyl (C=O) groups is 1. The summed E-state index contributed by atoms with van der Waals surface area (Å²) in [5.41, 5.74) is 1.41. The Balaban J connectivity index is 2.20. The zero-order valence-corrected chi connectivity index (χ0v) is 17.0. The first kappa shape index (κ1) is 19.6. The molecule has 0 aliphatic heterocycles. The van der Waals surface area contributed by atoms with Crippen LogP contribution in [0.5, 0.6) is 0 Å². The van der Waals surface area contributed by atoms with Crippen LogP contribution >= 0.6 is 23.1 Å². The number of carbonyl (C=O) groups excluding carboxylic acids is 1. The molecule has 0 saturated heterocycles. The van der Waals surface area contributed by atoms with E-state index >= 15 is 0 Å². The summed E-state index contributed by atoms with van der Waals surface area (Å²) in [6.45, 7) is 5.93. The lowest BCUT2D eigenvalue weighted by atomic mass is 10.0. The number of thiophene rings is 1. The number of aromatic nitrogens is 2. The predicted octanol–water partition coefficient (Wildman–Crippen LogP) is 4.25. The first-order valence-electron chi connectivity index (χ1n) is 8.41. The van der Waals surface area contributed by atoms with Gasteiger partial charge in [-0.3, -0.25) is 14.2 Å². The van der Waals surface area contributed by atoms with E-state index in [0.717, 1.165) is 16.0 Å². The number of methoxy groups -OCH3 is 1. The Labute approximate surface area is 164 Å². The molecule has 0 fully saturated rings. The fourth-order valence-electron chi connectivity index (χ4n) is 2.88. The maximum atomic E-state index is 13.3. The van der Waals surface area contributed by atoms with Crippen molar-refractivity contribution in [2.45, 2.75) is 37.7 Å². The van der Waals surface area contributed by atoms with Crippen LogP contribution in [-0.4, -0.2) is 27.9 Å². The summed E-state index contributed by atoms with van der Waals surface area (Å²) in [5, 5.41) is 0.538. The molecule has 142 valence electrons. The third-order valence-corrected chi connectivity index (χ3v) is 6.28. The Bertz CT molecular complexity index is 1060. The van der Waals surface area contributed by atoms with Crippen molar-refractivity contribution in [3.8, 4) is 11.1 Å². The zero-order chi connectivity index (χ0) is 19.7. The Kier molecular flexibility index (Phi) is 5.67. The highest BCUT2D eigenvalue weighted by molar-refractivity contribution is 8.00. The van der Waals surface area contributed by atoms with Gasteiger partial charge in [-0.05, 0) is 38.5 Å². The molecule has 0 N–H and O–H groups in total. The molecule has 0 bridgehead atoms. The molecule has 3 aromatic rings. The van der Waals surface area contributed by atoms with E-state index in [9.17, 15) is 14.0 Å². The third-order valence-electron chi connectivity index (χ3n) is 4.22. The van der Waals surface area contributed by atoms with Gasteiger partial charge in [-0.25, -0.2) is 9.37 Å². The number of halogens is 1. The van der Waals surface area contributed by atoms with E-state index in [2.05, 4.69) is 4.98 Å². The molecule has 1 atom stereocenters. The molecule has 2 heterocycles. The van der Waals surface area contributed by atoms with E-state index in [1.165, 1.54) is 42.3 Å². The SMILES string of the molecule is CCn1c(SC(C)C(=O)OC)nc2sc(C)c(-c3ccc(F)cc3)c2c1=O. The summed E-state index contributed by atoms with van der Waals surface area (Å²) in [6.07, 6.45) is 0. The van der Waals surface area contributed by atoms with Crippen LogP contribution in [-0.2, 0) is 16.1 Å². The Morgan fingerprint density at radius 2 is 2.04 bits per heavy atom. The normalized spacial score (nSPS) is 12.3. The minimum Gasteiger partial charge on any atom is -0.468 e. The van der Waals surface area contributed by atoms with Crippen LogP contribution in [0.2, 0.25) is 0 Å². The second-order valence-corrected chi connectivity index (χ2v) is 8.46. The molecular formula is C19H19FN2O3S2. The van der Waals surface area contributed by atoms with Gasteiger partial charge in [0, 0.05) is 17.0 Å². The Morgan fingerprint density at radius 3 is 2.63 bits per heavy atom. The van der Waals surface area contributed by atoms with Crippen LogP contribution in [0.3, 0.4) is 0 Å². The maximum absolute atomic E-state index is 13.3. The van der Waals surface area contributed by atoms with Gasteiger partial charge < -0.3 is 4.74 Å². The number of hydrogen-bond acceptors (Lipinski definition) is 6. The van der Waals surface area contributed by atoms with Crippen LogP contribution in [0.1, 0.15) is 18.7 Å². The number of aryl methyl sites for hydroxylation is 1. The van der Waals surface area contributed by atoms with Crippen LogP contribution in [0.4, 0.5) is 4.39 Å². The number of rotatable bonds is 5. The number of benzene rings is 1. The van der Waals surface area contributed by atoms with Gasteiger partial charge in [-0.15, -0.1) is 11.3 Å². The minimum atomic E-state index is -0.477. The van der Waals surface area contributed by atoms with Gasteiger partial charge in [0.25, 0.3) is 5.56 Å². The first-order chi connectivity index (χ1) is 12.9. The molecule has 0 spiro atoms. The summed E-state index contributed by atoms with van der Waals surface area (Å²) >= 11 is 2.62. The molecule has 1 unspecified atom stereocenters. The fraction of sp³-hybridized carbons (Fsp3) is 0.316. The summed E-state index contributed by atoms with van der Waals surface area (Å²) in [7, 11) is 1.33. The second kappa shape index (κ2) is 7.82. The van der Waals surface area contributed by atoms with Crippen LogP contribution in [0.25, 0.3) is 21.3 Å². The average molecular weight is 407 g/mol. The Morgan fingerprint density at radius 1 is 1.37 bits per heavy atom. The minimum absolute atomic E-state index is 0.161. The molecule has 3 rings (SSSR count). The summed E-state index contributed by atoms with van der Waals surface area (Å²) < 4.78 is 19.6. The van der Waals surface area contributed by atoms with Crippen molar-refractivity contribution in [3.63, 3.8) is 0 Å². The van der Waals surface area contributed by atoms with Crippen molar-refractivity contribution in [1.29, 1.82) is 0 Å². The van der Waals surface area contributed by atoms with Gasteiger partial charge >= 0.3 is 5.97 Å². The molecule has 0 radical (unpaired) electrons. The molecule has 5 nitrogen and oxygen atoms in total. The number of hydrogen-bond donors (Lipinski definition) is 0. The number of ether oxygens (including phenoxy) is 1. The van der Waals surface area contributed by atoms with Gasteiger partial charge in [0.2, 0.25) is 0 Å². The van der Waals surface area contributed by atoms with E-state index in [1.54, 1.807) is 23.6 Å². The number of esters is 1. The topological polar surface area (TPSA) is 61.2 Å². The fourth-order valence-corrected chi connectivity index (χ4v) is 4.97. The highest BCUT2D eigenvalue weighted by Gasteiger charge is 2.22. The van der Waals surface area contributed by atoms with Crippen molar-refractivity contribution in [1.82, 2.24) is 9.55 Å². The molecule has 27 heavy (non-hydrogen) atoms. The van der Waals surface area contributed by atoms with Crippen LogP contribution in [0, 0.1) is 12.7 Å². The van der Waals surface area contributed by atoms with E-state index in [-0.39, 0.29) is 17.3 Å². The standard InChI is InChI=1S/C19H19FN2O3S2/c1-5-22-17(23)15-14(12-6-8-13(20)9-7-12)10(2)26-16(15)21-19(22)27-11(3)18(24)25-4/h6-9,11H,5H2,1-4H3. The average Bonchev–Trinajstić information content (AvgIpc) is 2.98. The molecule has 0 amide bonds. The lowest BCUT2D eigenvalue weighted by Gasteiger charge is -2.13. The predicted molar refractivity (Wildman–Crippen MR) is 107 cm³/mol. The van der Waals surface area contributed by atoms with Gasteiger partial charge in [0.1, 0.15) is 15.9 Å². The molecule has 8 heteroatoms. The van der Waals surface area contributed by atoms with Crippen molar-refractivity contribution in [2.75, 3.05) is 7.11 Å². The molecular weight excluding hydrogens is 387 g/mol. The van der Waals surface area contributed by atoms with E-state index in [4.69, 9.17) is 4.74 Å². The van der Waals surface area contributed by atoms with E-state index in [0.29, 0.717) is 21.9 Å². The number of fused-ring (bicyclic) bond motifs is 1. The van der Waals surface area contributed by atoms with Crippen LogP contribution < -0.4 is 5.56 Å². The monoisotopic (exact) mass is 406 g/mol. The second-order valence-electron chi connectivity index (χ2n) is 5.95. The third kappa shape index (κ3) is 3.64. The first-order valence-corrected chi connectivity index (χ1v) is 10.1. The van der Waals surface area contributed by atoms with Crippen molar-refractivity contribution in [2.24, 2.45) is 0 Å². The quantitative estimate of drug-likeness (QED) is 0.360. The summed E-state index contributed by atoms with van der Waals surface area (Å²) in [5.74, 6) is -0.693. The number of thioether (sulfide) groups is 1. The molecule has 1 aromatic carbocycles. The zero-order valence-electron chi connectivity index (χ0n) is 15.4.